The molecule has 1 aliphatic rings. The number of nitrogens with one attached hydrogen (secondary N) is 3. The molecule has 0 saturated carbocycles. The van der Waals surface area contributed by atoms with Gasteiger partial charge >= 0.3 is 0 Å². The molecule has 5 nitrogen and oxygen atoms in total. The van der Waals surface area contributed by atoms with Crippen LogP contribution in [0, 0.1) is 5.92 Å². The molecule has 5 heteroatoms. The van der Waals surface area contributed by atoms with Crippen molar-refractivity contribution in [3.63, 3.8) is 0 Å². The fraction of sp³-hybridized carbons (Fsp3) is 0.417. The average Bonchev–Trinajstić information content (AvgIpc) is 3.37. The molecule has 0 unspecified atom stereocenters. The lowest BCUT2D eigenvalue weighted by Gasteiger charge is -2.22. The van der Waals surface area contributed by atoms with Crippen LogP contribution in [0.4, 0.5) is 0 Å². The summed E-state index contributed by atoms with van der Waals surface area (Å²) in [6.45, 7) is 6.91. The third-order valence-electron chi connectivity index (χ3n) is 6.40. The first-order valence-electron chi connectivity index (χ1n) is 10.8. The van der Waals surface area contributed by atoms with Crippen LogP contribution in [0.5, 0.6) is 0 Å². The molecule has 0 spiro atoms. The van der Waals surface area contributed by atoms with Gasteiger partial charge in [-0.05, 0) is 79.9 Å². The second kappa shape index (κ2) is 7.64. The maximum absolute atomic E-state index is 4.40. The maximum atomic E-state index is 4.40. The lowest BCUT2D eigenvalue weighted by atomic mass is 9.90. The van der Waals surface area contributed by atoms with Crippen molar-refractivity contribution in [1.29, 1.82) is 0 Å². The van der Waals surface area contributed by atoms with E-state index in [-0.39, 0.29) is 0 Å². The molecule has 0 bridgehead atoms. The molecule has 5 rings (SSSR count). The lowest BCUT2D eigenvalue weighted by molar-refractivity contribution is 0.354. The van der Waals surface area contributed by atoms with Crippen LogP contribution in [0.15, 0.2) is 36.7 Å². The SMILES string of the molecule is CC(C)c1c(-c2ccnc3[nH]ncc23)[nH]c2ccc(CCC3CCNCC3)cc12. The summed E-state index contributed by atoms with van der Waals surface area (Å²) < 4.78 is 0. The van der Waals surface area contributed by atoms with Crippen LogP contribution in [-0.2, 0) is 6.42 Å². The smallest absolute Gasteiger partial charge is 0.155 e. The molecule has 4 heterocycles. The molecule has 29 heavy (non-hydrogen) atoms. The van der Waals surface area contributed by atoms with Gasteiger partial charge in [-0.25, -0.2) is 4.98 Å². The Morgan fingerprint density at radius 2 is 1.97 bits per heavy atom. The molecule has 1 fully saturated rings. The quantitative estimate of drug-likeness (QED) is 0.443. The van der Waals surface area contributed by atoms with Crippen molar-refractivity contribution in [3.05, 3.63) is 47.8 Å². The number of hydrogen-bond acceptors (Lipinski definition) is 3. The molecular formula is C24H29N5. The van der Waals surface area contributed by atoms with Crippen LogP contribution in [0.2, 0.25) is 0 Å². The Hall–Kier alpha value is -2.66. The number of rotatable bonds is 5. The van der Waals surface area contributed by atoms with Gasteiger partial charge in [-0.15, -0.1) is 0 Å². The molecule has 0 amide bonds. The zero-order valence-electron chi connectivity index (χ0n) is 17.3. The van der Waals surface area contributed by atoms with Gasteiger partial charge in [0, 0.05) is 28.0 Å². The fourth-order valence-electron chi connectivity index (χ4n) is 4.84. The van der Waals surface area contributed by atoms with Crippen LogP contribution < -0.4 is 5.32 Å². The number of fused-ring (bicyclic) bond motifs is 2. The van der Waals surface area contributed by atoms with Crippen LogP contribution in [0.1, 0.15) is 50.2 Å². The van der Waals surface area contributed by atoms with E-state index in [4.69, 9.17) is 0 Å². The molecular weight excluding hydrogens is 358 g/mol. The first kappa shape index (κ1) is 18.4. The largest absolute Gasteiger partial charge is 0.354 e. The van der Waals surface area contributed by atoms with Gasteiger partial charge in [0.2, 0.25) is 0 Å². The Labute approximate surface area is 171 Å². The van der Waals surface area contributed by atoms with Crippen molar-refractivity contribution >= 4 is 21.9 Å². The van der Waals surface area contributed by atoms with Crippen molar-refractivity contribution in [2.24, 2.45) is 5.92 Å². The summed E-state index contributed by atoms with van der Waals surface area (Å²) in [5.41, 5.74) is 7.24. The van der Waals surface area contributed by atoms with Gasteiger partial charge in [0.15, 0.2) is 5.65 Å². The summed E-state index contributed by atoms with van der Waals surface area (Å²) >= 11 is 0. The second-order valence-corrected chi connectivity index (χ2v) is 8.67. The van der Waals surface area contributed by atoms with E-state index < -0.39 is 0 Å². The zero-order valence-corrected chi connectivity index (χ0v) is 17.3. The number of benzene rings is 1. The Balaban J connectivity index is 1.54. The minimum Gasteiger partial charge on any atom is -0.354 e. The van der Waals surface area contributed by atoms with E-state index in [1.165, 1.54) is 72.1 Å². The number of piperidine rings is 1. The molecule has 150 valence electrons. The molecule has 0 atom stereocenters. The highest BCUT2D eigenvalue weighted by Crippen LogP contribution is 2.38. The van der Waals surface area contributed by atoms with Gasteiger partial charge in [0.1, 0.15) is 0 Å². The Morgan fingerprint density at radius 3 is 2.79 bits per heavy atom. The first-order valence-corrected chi connectivity index (χ1v) is 10.8. The van der Waals surface area contributed by atoms with Gasteiger partial charge < -0.3 is 10.3 Å². The predicted molar refractivity (Wildman–Crippen MR) is 119 cm³/mol. The number of aromatic nitrogens is 4. The summed E-state index contributed by atoms with van der Waals surface area (Å²) in [6, 6.07) is 9.07. The number of hydrogen-bond donors (Lipinski definition) is 3. The number of aryl methyl sites for hydroxylation is 1. The molecule has 1 saturated heterocycles. The topological polar surface area (TPSA) is 69.4 Å². The number of aromatic amines is 2. The normalized spacial score (nSPS) is 15.7. The summed E-state index contributed by atoms with van der Waals surface area (Å²) in [5.74, 6) is 1.29. The molecule has 1 aliphatic heterocycles. The molecule has 1 aromatic carbocycles. The highest BCUT2D eigenvalue weighted by Gasteiger charge is 2.19. The maximum Gasteiger partial charge on any atom is 0.155 e. The van der Waals surface area contributed by atoms with Gasteiger partial charge in [0.05, 0.1) is 11.9 Å². The van der Waals surface area contributed by atoms with E-state index in [0.29, 0.717) is 5.92 Å². The van der Waals surface area contributed by atoms with Gasteiger partial charge in [0.25, 0.3) is 0 Å². The van der Waals surface area contributed by atoms with Crippen LogP contribution in [0.3, 0.4) is 0 Å². The van der Waals surface area contributed by atoms with Crippen LogP contribution in [0.25, 0.3) is 33.2 Å². The van der Waals surface area contributed by atoms with Crippen LogP contribution >= 0.6 is 0 Å². The predicted octanol–water partition coefficient (Wildman–Crippen LogP) is 5.16. The lowest BCUT2D eigenvalue weighted by Crippen LogP contribution is -2.27. The van der Waals surface area contributed by atoms with Gasteiger partial charge in [-0.2, -0.15) is 5.10 Å². The van der Waals surface area contributed by atoms with E-state index in [1.807, 2.05) is 12.4 Å². The van der Waals surface area contributed by atoms with Crippen molar-refractivity contribution in [1.82, 2.24) is 25.5 Å². The molecule has 3 aromatic heterocycles. The third kappa shape index (κ3) is 3.44. The number of nitrogens with zero attached hydrogens (tertiary/aromatic N) is 2. The minimum absolute atomic E-state index is 0.425. The monoisotopic (exact) mass is 387 g/mol. The standard InChI is InChI=1S/C24H29N5/c1-15(2)22-19-13-17(4-3-16-7-10-25-11-8-16)5-6-21(19)28-23(22)18-9-12-26-24-20(18)14-27-29-24/h5-6,9,12-16,25,28H,3-4,7-8,10-11H2,1-2H3,(H,26,27,29). The van der Waals surface area contributed by atoms with Crippen molar-refractivity contribution in [2.75, 3.05) is 13.1 Å². The summed E-state index contributed by atoms with van der Waals surface area (Å²) in [4.78, 5) is 8.10. The van der Waals surface area contributed by atoms with Crippen LogP contribution in [-0.4, -0.2) is 33.3 Å². The fourth-order valence-corrected chi connectivity index (χ4v) is 4.84. The number of H-pyrrole nitrogens is 2. The van der Waals surface area contributed by atoms with E-state index in [2.05, 4.69) is 63.6 Å². The Morgan fingerprint density at radius 1 is 1.10 bits per heavy atom. The molecule has 4 aromatic rings. The Kier molecular flexibility index (Phi) is 4.84. The summed E-state index contributed by atoms with van der Waals surface area (Å²) in [7, 11) is 0. The zero-order chi connectivity index (χ0) is 19.8. The van der Waals surface area contributed by atoms with Crippen molar-refractivity contribution in [3.8, 4) is 11.3 Å². The van der Waals surface area contributed by atoms with E-state index in [1.54, 1.807) is 0 Å². The van der Waals surface area contributed by atoms with E-state index in [9.17, 15) is 0 Å². The van der Waals surface area contributed by atoms with Crippen molar-refractivity contribution < 1.29 is 0 Å². The molecule has 0 aliphatic carbocycles. The molecule has 3 N–H and O–H groups in total. The first-order chi connectivity index (χ1) is 14.2. The van der Waals surface area contributed by atoms with Gasteiger partial charge in [-0.3, -0.25) is 5.10 Å². The van der Waals surface area contributed by atoms with Gasteiger partial charge in [-0.1, -0.05) is 19.9 Å². The third-order valence-corrected chi connectivity index (χ3v) is 6.40. The average molecular weight is 388 g/mol. The minimum atomic E-state index is 0.425. The van der Waals surface area contributed by atoms with E-state index in [0.717, 1.165) is 17.0 Å². The van der Waals surface area contributed by atoms with Crippen molar-refractivity contribution in [2.45, 2.75) is 45.4 Å². The summed E-state index contributed by atoms with van der Waals surface area (Å²) in [6.07, 6.45) is 8.82. The second-order valence-electron chi connectivity index (χ2n) is 8.67. The Bertz CT molecular complexity index is 1130. The summed E-state index contributed by atoms with van der Waals surface area (Å²) in [5, 5.41) is 13.1. The highest BCUT2D eigenvalue weighted by molar-refractivity contribution is 5.98. The number of pyridine rings is 1. The highest BCUT2D eigenvalue weighted by atomic mass is 15.1. The van der Waals surface area contributed by atoms with E-state index >= 15 is 0 Å². The molecule has 0 radical (unpaired) electrons.